The van der Waals surface area contributed by atoms with Gasteiger partial charge in [0.15, 0.2) is 5.71 Å². The van der Waals surface area contributed by atoms with Gasteiger partial charge in [-0.05, 0) is 75.6 Å². The molecule has 5 N–H and O–H groups in total. The van der Waals surface area contributed by atoms with E-state index < -0.39 is 32.0 Å². The molecule has 10 nitrogen and oxygen atoms in total. The zero-order valence-electron chi connectivity index (χ0n) is 26.3. The smallest absolute Gasteiger partial charge is 0.356 e. The summed E-state index contributed by atoms with van der Waals surface area (Å²) in [5.74, 6) is -0.817. The van der Waals surface area contributed by atoms with Crippen LogP contribution in [0, 0.1) is 0 Å². The number of allylic oxidation sites excluding steroid dienone is 6. The minimum Gasteiger partial charge on any atom is -0.481 e. The van der Waals surface area contributed by atoms with Crippen LogP contribution in [-0.2, 0) is 24.8 Å². The van der Waals surface area contributed by atoms with Crippen LogP contribution in [0.15, 0.2) is 72.5 Å². The molecule has 4 rings (SSSR count). The molecular formula is C33H43N2O8P2+. The van der Waals surface area contributed by atoms with E-state index in [0.29, 0.717) is 19.5 Å². The van der Waals surface area contributed by atoms with Gasteiger partial charge in [-0.3, -0.25) is 13.9 Å². The fourth-order valence-electron chi connectivity index (χ4n) is 6.35. The number of hydrogen-bond acceptors (Lipinski definition) is 4. The lowest BCUT2D eigenvalue weighted by atomic mass is 9.81. The van der Waals surface area contributed by atoms with Crippen molar-refractivity contribution in [3.05, 3.63) is 83.6 Å². The predicted molar refractivity (Wildman–Crippen MR) is 178 cm³/mol. The van der Waals surface area contributed by atoms with E-state index in [1.165, 1.54) is 12.1 Å². The Morgan fingerprint density at radius 1 is 0.844 bits per heavy atom. The minimum atomic E-state index is -4.44. The van der Waals surface area contributed by atoms with Crippen molar-refractivity contribution in [1.82, 2.24) is 0 Å². The lowest BCUT2D eigenvalue weighted by Crippen LogP contribution is -2.28. The molecular weight excluding hydrogens is 614 g/mol. The van der Waals surface area contributed by atoms with E-state index in [2.05, 4.69) is 9.48 Å². The Labute approximate surface area is 264 Å². The summed E-state index contributed by atoms with van der Waals surface area (Å²) in [7, 11) is -8.83. The minimum absolute atomic E-state index is 0.00153. The van der Waals surface area contributed by atoms with Crippen molar-refractivity contribution in [1.29, 1.82) is 0 Å². The summed E-state index contributed by atoms with van der Waals surface area (Å²) < 4.78 is 26.1. The largest absolute Gasteiger partial charge is 0.481 e. The number of likely N-dealkylation sites (N-methyl/N-ethyl adjacent to an activating group) is 1. The van der Waals surface area contributed by atoms with E-state index in [9.17, 15) is 33.5 Å². The third-order valence-corrected chi connectivity index (χ3v) is 10.6. The zero-order valence-corrected chi connectivity index (χ0v) is 28.1. The number of fused-ring (bicyclic) bond motifs is 2. The molecule has 0 bridgehead atoms. The molecule has 0 aromatic heterocycles. The van der Waals surface area contributed by atoms with Crippen LogP contribution in [0.25, 0.3) is 0 Å². The Morgan fingerprint density at radius 3 is 2.07 bits per heavy atom. The fourth-order valence-corrected chi connectivity index (χ4v) is 7.48. The molecule has 12 heteroatoms. The van der Waals surface area contributed by atoms with Gasteiger partial charge in [-0.25, -0.2) is 0 Å². The molecule has 0 amide bonds. The topological polar surface area (TPSA) is 159 Å². The number of unbranched alkanes of at least 4 members (excludes halogenated alkanes) is 2. The number of carboxylic acid groups (broad SMARTS) is 1. The summed E-state index contributed by atoms with van der Waals surface area (Å²) in [4.78, 5) is 52.2. The van der Waals surface area contributed by atoms with Crippen molar-refractivity contribution in [3.8, 4) is 0 Å². The summed E-state index contributed by atoms with van der Waals surface area (Å²) >= 11 is 0. The third-order valence-electron chi connectivity index (χ3n) is 8.74. The molecule has 0 radical (unpaired) electrons. The quantitative estimate of drug-likeness (QED) is 0.0903. The van der Waals surface area contributed by atoms with Gasteiger partial charge in [0.05, 0.1) is 16.0 Å². The second-order valence-electron chi connectivity index (χ2n) is 12.5. The first kappa shape index (κ1) is 34.8. The van der Waals surface area contributed by atoms with Crippen molar-refractivity contribution < 1.29 is 43.2 Å². The standard InChI is InChI=1S/C33H42N2O8P2/c1-6-34-27-18-16-23(44(38,39)40)21-25(27)32(2,3)29(34)13-9-7-10-14-30-33(4,5)26-22-24(45(41,42)43)17-19-28(26)35(30)20-12-8-11-15-31(36)37/h7,9-10,13-14,16-19,21-22H,6,8,11-12,15,20H2,1-5H3,(H4-,36,37,38,39,40,41,42,43)/p+1. The summed E-state index contributed by atoms with van der Waals surface area (Å²) in [5.41, 5.74) is 4.40. The first-order chi connectivity index (χ1) is 20.9. The van der Waals surface area contributed by atoms with Crippen molar-refractivity contribution in [2.75, 3.05) is 18.0 Å². The lowest BCUT2D eigenvalue weighted by molar-refractivity contribution is -0.438. The number of carboxylic acids is 1. The average Bonchev–Trinajstić information content (AvgIpc) is 3.29. The van der Waals surface area contributed by atoms with Gasteiger partial charge in [0.2, 0.25) is 5.69 Å². The number of hydrogen-bond donors (Lipinski definition) is 5. The summed E-state index contributed by atoms with van der Waals surface area (Å²) in [6, 6.07) is 9.67. The molecule has 2 aliphatic rings. The number of anilines is 1. The highest BCUT2D eigenvalue weighted by molar-refractivity contribution is 7.60. The normalized spacial score (nSPS) is 18.4. The van der Waals surface area contributed by atoms with Crippen molar-refractivity contribution in [2.45, 2.75) is 71.1 Å². The number of aliphatic carboxylic acids is 1. The van der Waals surface area contributed by atoms with Crippen LogP contribution in [0.1, 0.15) is 71.4 Å². The van der Waals surface area contributed by atoms with E-state index in [0.717, 1.165) is 46.8 Å². The van der Waals surface area contributed by atoms with E-state index in [4.69, 9.17) is 5.11 Å². The monoisotopic (exact) mass is 657 g/mol. The Bertz CT molecular complexity index is 1710. The molecule has 2 aliphatic heterocycles. The van der Waals surface area contributed by atoms with E-state index >= 15 is 0 Å². The predicted octanol–water partition coefficient (Wildman–Crippen LogP) is 5.13. The highest BCUT2D eigenvalue weighted by Gasteiger charge is 2.45. The fraction of sp³-hybridized carbons (Fsp3) is 0.394. The van der Waals surface area contributed by atoms with Crippen LogP contribution in [0.5, 0.6) is 0 Å². The summed E-state index contributed by atoms with van der Waals surface area (Å²) in [6.07, 6.45) is 12.0. The van der Waals surface area contributed by atoms with Gasteiger partial charge < -0.3 is 29.6 Å². The maximum Gasteiger partial charge on any atom is 0.356 e. The Balaban J connectivity index is 1.64. The molecule has 242 valence electrons. The molecule has 0 saturated heterocycles. The molecule has 0 unspecified atom stereocenters. The van der Waals surface area contributed by atoms with Crippen LogP contribution in [0.4, 0.5) is 11.4 Å². The number of nitrogens with zero attached hydrogens (tertiary/aromatic N) is 2. The maximum atomic E-state index is 12.0. The summed E-state index contributed by atoms with van der Waals surface area (Å²) in [5, 5.41) is 8.96. The highest BCUT2D eigenvalue weighted by atomic mass is 31.2. The van der Waals surface area contributed by atoms with Gasteiger partial charge in [-0.15, -0.1) is 0 Å². The Morgan fingerprint density at radius 2 is 1.47 bits per heavy atom. The van der Waals surface area contributed by atoms with Crippen LogP contribution < -0.4 is 15.5 Å². The van der Waals surface area contributed by atoms with Crippen LogP contribution >= 0.6 is 15.2 Å². The van der Waals surface area contributed by atoms with Gasteiger partial charge >= 0.3 is 21.2 Å². The molecule has 0 aliphatic carbocycles. The average molecular weight is 658 g/mol. The molecule has 2 aromatic carbocycles. The molecule has 0 atom stereocenters. The van der Waals surface area contributed by atoms with E-state index in [-0.39, 0.29) is 17.0 Å². The first-order valence-electron chi connectivity index (χ1n) is 15.0. The second-order valence-corrected chi connectivity index (χ2v) is 15.7. The molecule has 0 spiro atoms. The molecule has 2 heterocycles. The van der Waals surface area contributed by atoms with E-state index in [1.54, 1.807) is 24.3 Å². The van der Waals surface area contributed by atoms with Gasteiger partial charge in [-0.1, -0.05) is 32.1 Å². The number of carbonyl (C=O) groups is 1. The van der Waals surface area contributed by atoms with Gasteiger partial charge in [0.1, 0.15) is 6.54 Å². The second kappa shape index (κ2) is 13.0. The molecule has 2 aromatic rings. The van der Waals surface area contributed by atoms with Crippen molar-refractivity contribution >= 4 is 48.9 Å². The van der Waals surface area contributed by atoms with Crippen LogP contribution in [0.3, 0.4) is 0 Å². The van der Waals surface area contributed by atoms with Crippen LogP contribution in [-0.4, -0.2) is 54.0 Å². The Hall–Kier alpha value is -3.10. The van der Waals surface area contributed by atoms with E-state index in [1.807, 2.05) is 65.0 Å². The third kappa shape index (κ3) is 7.17. The number of rotatable bonds is 12. The molecule has 0 saturated carbocycles. The molecule has 0 fully saturated rings. The van der Waals surface area contributed by atoms with Gasteiger partial charge in [0, 0.05) is 53.9 Å². The zero-order chi connectivity index (χ0) is 33.4. The maximum absolute atomic E-state index is 12.0. The molecule has 45 heavy (non-hydrogen) atoms. The van der Waals surface area contributed by atoms with Crippen molar-refractivity contribution in [2.24, 2.45) is 0 Å². The first-order valence-corrected chi connectivity index (χ1v) is 18.2. The van der Waals surface area contributed by atoms with Gasteiger partial charge in [0.25, 0.3) is 0 Å². The SMILES string of the molecule is CCN1/C(=C/C=C/C=C/C2=[N+](CCCCCC(=O)O)c3ccc(P(=O)(O)O)cc3C2(C)C)C(C)(C)c2cc(P(=O)(O)O)ccc21. The number of benzene rings is 2. The van der Waals surface area contributed by atoms with Gasteiger partial charge in [-0.2, -0.15) is 4.58 Å². The van der Waals surface area contributed by atoms with Crippen molar-refractivity contribution in [3.63, 3.8) is 0 Å². The lowest BCUT2D eigenvalue weighted by Gasteiger charge is -2.25. The Kier molecular flexibility index (Phi) is 10.0. The highest BCUT2D eigenvalue weighted by Crippen LogP contribution is 2.49. The summed E-state index contributed by atoms with van der Waals surface area (Å²) in [6.45, 7) is 11.5. The van der Waals surface area contributed by atoms with Crippen LogP contribution in [0.2, 0.25) is 0 Å².